The molecule has 0 bridgehead atoms. The highest BCUT2D eigenvalue weighted by molar-refractivity contribution is 7.98. The number of hydrogen-bond donors (Lipinski definition) is 2. The first kappa shape index (κ1) is 23.4. The van der Waals surface area contributed by atoms with E-state index in [1.54, 1.807) is 20.8 Å². The van der Waals surface area contributed by atoms with Crippen molar-refractivity contribution in [2.24, 2.45) is 0 Å². The molecule has 0 aromatic carbocycles. The number of nitrogens with zero attached hydrogens (tertiary/aromatic N) is 1. The lowest BCUT2D eigenvalue weighted by molar-refractivity contribution is -0.118. The van der Waals surface area contributed by atoms with Crippen LogP contribution in [0.3, 0.4) is 0 Å². The van der Waals surface area contributed by atoms with E-state index in [4.69, 9.17) is 9.15 Å². The number of carbonyl (C=O) groups excluding carboxylic acids is 3. The number of carbonyl (C=O) groups is 3. The Balaban J connectivity index is 3.04. The summed E-state index contributed by atoms with van der Waals surface area (Å²) in [6.07, 6.45) is 1.46. The summed E-state index contributed by atoms with van der Waals surface area (Å²) < 4.78 is 15.2. The second-order valence-corrected chi connectivity index (χ2v) is 7.80. The number of methoxy groups -OCH3 is 1. The van der Waals surface area contributed by atoms with Crippen molar-refractivity contribution in [3.05, 3.63) is 16.9 Å². The van der Waals surface area contributed by atoms with E-state index in [-0.39, 0.29) is 22.8 Å². The van der Waals surface area contributed by atoms with Gasteiger partial charge in [0.2, 0.25) is 11.8 Å². The van der Waals surface area contributed by atoms with Crippen molar-refractivity contribution in [3.8, 4) is 6.07 Å². The molecular formula is C18H25N3O6S. The molecule has 1 aromatic heterocycles. The van der Waals surface area contributed by atoms with E-state index in [2.05, 4.69) is 15.4 Å². The van der Waals surface area contributed by atoms with Gasteiger partial charge in [-0.15, -0.1) is 0 Å². The van der Waals surface area contributed by atoms with Crippen LogP contribution in [0.5, 0.6) is 0 Å². The third-order valence-corrected chi connectivity index (χ3v) is 4.08. The second-order valence-electron chi connectivity index (χ2n) is 6.81. The zero-order valence-corrected chi connectivity index (χ0v) is 17.6. The Bertz CT molecular complexity index is 776. The number of amides is 2. The fourth-order valence-electron chi connectivity index (χ4n) is 2.24. The molecule has 1 rings (SSSR count). The minimum Gasteiger partial charge on any atom is -0.465 e. The molecule has 1 unspecified atom stereocenters. The van der Waals surface area contributed by atoms with Gasteiger partial charge in [0.25, 0.3) is 0 Å². The van der Waals surface area contributed by atoms with Gasteiger partial charge in [-0.25, -0.2) is 9.59 Å². The van der Waals surface area contributed by atoms with E-state index in [1.807, 2.05) is 12.3 Å². The normalized spacial score (nSPS) is 11.9. The van der Waals surface area contributed by atoms with E-state index in [9.17, 15) is 19.6 Å². The molecule has 154 valence electrons. The summed E-state index contributed by atoms with van der Waals surface area (Å²) in [6.45, 7) is 6.61. The minimum atomic E-state index is -0.916. The van der Waals surface area contributed by atoms with Crippen molar-refractivity contribution in [1.82, 2.24) is 5.32 Å². The first-order chi connectivity index (χ1) is 13.0. The summed E-state index contributed by atoms with van der Waals surface area (Å²) in [5.41, 5.74) is -0.911. The number of esters is 1. The first-order valence-corrected chi connectivity index (χ1v) is 9.84. The number of aryl methyl sites for hydroxylation is 1. The van der Waals surface area contributed by atoms with Crippen LogP contribution in [0.2, 0.25) is 0 Å². The number of ether oxygens (including phenoxy) is 2. The Labute approximate surface area is 168 Å². The summed E-state index contributed by atoms with van der Waals surface area (Å²) in [5.74, 6) is -0.778. The lowest BCUT2D eigenvalue weighted by Gasteiger charge is -2.23. The van der Waals surface area contributed by atoms with E-state index in [1.165, 1.54) is 25.8 Å². The molecule has 0 aliphatic carbocycles. The molecule has 28 heavy (non-hydrogen) atoms. The number of nitriles is 1. The number of rotatable bonds is 7. The lowest BCUT2D eigenvalue weighted by Crippen LogP contribution is -2.46. The Morgan fingerprint density at radius 3 is 2.46 bits per heavy atom. The number of furan rings is 1. The van der Waals surface area contributed by atoms with Crippen LogP contribution in [0.1, 0.15) is 48.9 Å². The molecule has 2 amide bonds. The largest absolute Gasteiger partial charge is 0.465 e. The SMILES string of the molecule is COC(=O)c1c(C)oc(NC(=O)C(CCSC)NC(=O)OC(C)(C)C)c1C#N. The highest BCUT2D eigenvalue weighted by Gasteiger charge is 2.29. The first-order valence-electron chi connectivity index (χ1n) is 8.45. The van der Waals surface area contributed by atoms with Gasteiger partial charge in [-0.05, 0) is 46.1 Å². The van der Waals surface area contributed by atoms with Gasteiger partial charge in [0.1, 0.15) is 34.6 Å². The fraction of sp³-hybridized carbons (Fsp3) is 0.556. The van der Waals surface area contributed by atoms with Crippen LogP contribution in [0.4, 0.5) is 10.7 Å². The third kappa shape index (κ3) is 6.49. The predicted octanol–water partition coefficient (Wildman–Crippen LogP) is 2.83. The summed E-state index contributed by atoms with van der Waals surface area (Å²) in [4.78, 5) is 36.6. The topological polar surface area (TPSA) is 131 Å². The highest BCUT2D eigenvalue weighted by Crippen LogP contribution is 2.27. The molecule has 1 heterocycles. The molecule has 0 radical (unpaired) electrons. The van der Waals surface area contributed by atoms with Gasteiger partial charge in [0, 0.05) is 0 Å². The number of hydrogen-bond acceptors (Lipinski definition) is 8. The molecule has 0 fully saturated rings. The van der Waals surface area contributed by atoms with E-state index < -0.39 is 29.6 Å². The van der Waals surface area contributed by atoms with Crippen LogP contribution < -0.4 is 10.6 Å². The smallest absolute Gasteiger partial charge is 0.408 e. The molecular weight excluding hydrogens is 386 g/mol. The zero-order chi connectivity index (χ0) is 21.5. The number of anilines is 1. The summed E-state index contributed by atoms with van der Waals surface area (Å²) in [6, 6.07) is 0.918. The molecule has 10 heteroatoms. The van der Waals surface area contributed by atoms with Crippen LogP contribution in [0, 0.1) is 18.3 Å². The number of alkyl carbamates (subject to hydrolysis) is 1. The van der Waals surface area contributed by atoms with Crippen molar-refractivity contribution in [1.29, 1.82) is 5.26 Å². The Morgan fingerprint density at radius 2 is 1.96 bits per heavy atom. The van der Waals surface area contributed by atoms with Gasteiger partial charge in [-0.2, -0.15) is 17.0 Å². The number of thioether (sulfide) groups is 1. The van der Waals surface area contributed by atoms with Crippen molar-refractivity contribution >= 4 is 35.6 Å². The van der Waals surface area contributed by atoms with Gasteiger partial charge in [-0.3, -0.25) is 10.1 Å². The molecule has 0 saturated heterocycles. The minimum absolute atomic E-state index is 0.0546. The van der Waals surface area contributed by atoms with Crippen LogP contribution in [-0.2, 0) is 14.3 Å². The standard InChI is InChI=1S/C18H25N3O6S/c1-10-13(16(23)25-5)11(9-19)15(26-10)21-14(22)12(7-8-28-6)20-17(24)27-18(2,3)4/h12H,7-8H2,1-6H3,(H,20,24)(H,21,22). The van der Waals surface area contributed by atoms with Gasteiger partial charge >= 0.3 is 12.1 Å². The Hall–Kier alpha value is -2.67. The van der Waals surface area contributed by atoms with Gasteiger partial charge in [0.15, 0.2) is 0 Å². The van der Waals surface area contributed by atoms with Gasteiger partial charge in [0.05, 0.1) is 7.11 Å². The summed E-state index contributed by atoms with van der Waals surface area (Å²) in [7, 11) is 1.18. The average Bonchev–Trinajstić information content (AvgIpc) is 2.91. The van der Waals surface area contributed by atoms with Crippen molar-refractivity contribution < 1.29 is 28.3 Å². The summed E-state index contributed by atoms with van der Waals surface area (Å²) >= 11 is 1.51. The second kappa shape index (κ2) is 10.0. The van der Waals surface area contributed by atoms with Crippen molar-refractivity contribution in [2.45, 2.75) is 45.8 Å². The van der Waals surface area contributed by atoms with Crippen LogP contribution in [-0.4, -0.2) is 48.7 Å². The Morgan fingerprint density at radius 1 is 1.32 bits per heavy atom. The zero-order valence-electron chi connectivity index (χ0n) is 16.8. The monoisotopic (exact) mass is 411 g/mol. The maximum absolute atomic E-state index is 12.7. The molecule has 0 saturated carbocycles. The molecule has 0 aliphatic heterocycles. The van der Waals surface area contributed by atoms with Crippen LogP contribution in [0.15, 0.2) is 4.42 Å². The molecule has 0 spiro atoms. The van der Waals surface area contributed by atoms with Crippen LogP contribution in [0.25, 0.3) is 0 Å². The average molecular weight is 411 g/mol. The molecule has 2 N–H and O–H groups in total. The lowest BCUT2D eigenvalue weighted by atomic mass is 10.1. The molecule has 1 aromatic rings. The van der Waals surface area contributed by atoms with Gasteiger partial charge in [-0.1, -0.05) is 0 Å². The van der Waals surface area contributed by atoms with E-state index in [0.717, 1.165) is 0 Å². The molecule has 1 atom stereocenters. The van der Waals surface area contributed by atoms with Gasteiger partial charge < -0.3 is 19.2 Å². The summed E-state index contributed by atoms with van der Waals surface area (Å²) in [5, 5.41) is 14.3. The molecule has 0 aliphatic rings. The molecule has 9 nitrogen and oxygen atoms in total. The van der Waals surface area contributed by atoms with E-state index >= 15 is 0 Å². The van der Waals surface area contributed by atoms with E-state index in [0.29, 0.717) is 12.2 Å². The quantitative estimate of drug-likeness (QED) is 0.655. The van der Waals surface area contributed by atoms with Crippen LogP contribution >= 0.6 is 11.8 Å². The third-order valence-electron chi connectivity index (χ3n) is 3.44. The maximum Gasteiger partial charge on any atom is 0.408 e. The van der Waals surface area contributed by atoms with Crippen molar-refractivity contribution in [2.75, 3.05) is 24.4 Å². The fourth-order valence-corrected chi connectivity index (χ4v) is 2.71. The Kier molecular flexibility index (Phi) is 8.37. The highest BCUT2D eigenvalue weighted by atomic mass is 32.2. The predicted molar refractivity (Wildman–Crippen MR) is 104 cm³/mol. The maximum atomic E-state index is 12.7. The van der Waals surface area contributed by atoms with Crippen molar-refractivity contribution in [3.63, 3.8) is 0 Å². The number of nitrogens with one attached hydrogen (secondary N) is 2.